The molecule has 0 atom stereocenters. The van der Waals surface area contributed by atoms with Gasteiger partial charge in [0.15, 0.2) is 0 Å². The number of carbonyl (C=O) groups excluding carboxylic acids is 1. The molecule has 0 bridgehead atoms. The number of benzene rings is 1. The van der Waals surface area contributed by atoms with Crippen LogP contribution in [0.25, 0.3) is 0 Å². The predicted octanol–water partition coefficient (Wildman–Crippen LogP) is 0.835. The van der Waals surface area contributed by atoms with Crippen LogP contribution < -0.4 is 4.74 Å². The molecular weight excluding hydrogens is 256 g/mol. The first kappa shape index (κ1) is 14.8. The lowest BCUT2D eigenvalue weighted by atomic mass is 10.1. The molecule has 110 valence electrons. The van der Waals surface area contributed by atoms with Gasteiger partial charge in [-0.25, -0.2) is 0 Å². The quantitative estimate of drug-likeness (QED) is 0.867. The average molecular weight is 278 g/mol. The number of amides is 1. The molecule has 5 heteroatoms. The molecule has 1 aliphatic heterocycles. The second kappa shape index (κ2) is 7.26. The van der Waals surface area contributed by atoms with E-state index in [0.29, 0.717) is 31.8 Å². The van der Waals surface area contributed by atoms with E-state index in [1.54, 1.807) is 6.07 Å². The van der Waals surface area contributed by atoms with Gasteiger partial charge in [-0.3, -0.25) is 9.69 Å². The predicted molar refractivity (Wildman–Crippen MR) is 77.0 cm³/mol. The number of hydrogen-bond acceptors (Lipinski definition) is 4. The molecule has 1 fully saturated rings. The van der Waals surface area contributed by atoms with Crippen LogP contribution in [0.1, 0.15) is 17.3 Å². The van der Waals surface area contributed by atoms with E-state index in [-0.39, 0.29) is 12.5 Å². The highest BCUT2D eigenvalue weighted by atomic mass is 16.5. The first-order valence-corrected chi connectivity index (χ1v) is 7.10. The van der Waals surface area contributed by atoms with E-state index in [2.05, 4.69) is 4.90 Å². The van der Waals surface area contributed by atoms with Crippen LogP contribution in [0.5, 0.6) is 5.75 Å². The summed E-state index contributed by atoms with van der Waals surface area (Å²) in [5.74, 6) is 0.785. The Morgan fingerprint density at radius 1 is 1.30 bits per heavy atom. The molecule has 1 saturated heterocycles. The molecule has 1 aliphatic rings. The van der Waals surface area contributed by atoms with E-state index < -0.39 is 0 Å². The third-order valence-electron chi connectivity index (χ3n) is 3.47. The van der Waals surface area contributed by atoms with Crippen LogP contribution in [0.15, 0.2) is 24.3 Å². The van der Waals surface area contributed by atoms with E-state index in [4.69, 9.17) is 9.84 Å². The Bertz CT molecular complexity index is 442. The monoisotopic (exact) mass is 278 g/mol. The van der Waals surface area contributed by atoms with Gasteiger partial charge in [-0.05, 0) is 25.1 Å². The van der Waals surface area contributed by atoms with Gasteiger partial charge in [0, 0.05) is 38.3 Å². The Morgan fingerprint density at radius 2 is 2.05 bits per heavy atom. The lowest BCUT2D eigenvalue weighted by molar-refractivity contribution is 0.0614. The Morgan fingerprint density at radius 3 is 2.70 bits per heavy atom. The SMILES string of the molecule is CCOc1cccc(C(=O)N2CCN(CCO)CC2)c1. The standard InChI is InChI=1S/C15H22N2O3/c1-2-20-14-5-3-4-13(12-14)15(19)17-8-6-16(7-9-17)10-11-18/h3-5,12,18H,2,6-11H2,1H3. The topological polar surface area (TPSA) is 53.0 Å². The number of ether oxygens (including phenoxy) is 1. The lowest BCUT2D eigenvalue weighted by Crippen LogP contribution is -2.49. The summed E-state index contributed by atoms with van der Waals surface area (Å²) in [7, 11) is 0. The van der Waals surface area contributed by atoms with Crippen LogP contribution in [-0.4, -0.2) is 66.8 Å². The van der Waals surface area contributed by atoms with Crippen LogP contribution in [0.2, 0.25) is 0 Å². The van der Waals surface area contributed by atoms with Crippen molar-refractivity contribution in [1.82, 2.24) is 9.80 Å². The van der Waals surface area contributed by atoms with Crippen molar-refractivity contribution in [3.63, 3.8) is 0 Å². The summed E-state index contributed by atoms with van der Waals surface area (Å²) in [5.41, 5.74) is 0.673. The molecule has 0 aliphatic carbocycles. The second-order valence-corrected chi connectivity index (χ2v) is 4.82. The number of nitrogens with zero attached hydrogens (tertiary/aromatic N) is 2. The zero-order valence-electron chi connectivity index (χ0n) is 11.9. The Labute approximate surface area is 119 Å². The first-order valence-electron chi connectivity index (χ1n) is 7.10. The van der Waals surface area contributed by atoms with Crippen molar-refractivity contribution in [1.29, 1.82) is 0 Å². The second-order valence-electron chi connectivity index (χ2n) is 4.82. The summed E-state index contributed by atoms with van der Waals surface area (Å²) < 4.78 is 5.43. The maximum Gasteiger partial charge on any atom is 0.254 e. The molecule has 20 heavy (non-hydrogen) atoms. The van der Waals surface area contributed by atoms with Gasteiger partial charge < -0.3 is 14.7 Å². The summed E-state index contributed by atoms with van der Waals surface area (Å²) in [6, 6.07) is 7.33. The smallest absolute Gasteiger partial charge is 0.254 e. The average Bonchev–Trinajstić information content (AvgIpc) is 2.48. The van der Waals surface area contributed by atoms with Crippen LogP contribution in [0.3, 0.4) is 0 Å². The molecule has 1 aromatic rings. The number of β-amino-alcohol motifs (C(OH)–C–C–N with tert-alkyl or cyclic N) is 1. The van der Waals surface area contributed by atoms with E-state index in [1.807, 2.05) is 30.0 Å². The van der Waals surface area contributed by atoms with Gasteiger partial charge in [-0.1, -0.05) is 6.07 Å². The Hall–Kier alpha value is -1.59. The van der Waals surface area contributed by atoms with Gasteiger partial charge in [-0.2, -0.15) is 0 Å². The summed E-state index contributed by atoms with van der Waals surface area (Å²) in [5, 5.41) is 8.92. The number of aliphatic hydroxyl groups is 1. The summed E-state index contributed by atoms with van der Waals surface area (Å²) in [4.78, 5) is 16.5. The van der Waals surface area contributed by atoms with Gasteiger partial charge in [0.2, 0.25) is 0 Å². The number of hydrogen-bond donors (Lipinski definition) is 1. The highest BCUT2D eigenvalue weighted by molar-refractivity contribution is 5.94. The van der Waals surface area contributed by atoms with Crippen molar-refractivity contribution in [2.24, 2.45) is 0 Å². The zero-order chi connectivity index (χ0) is 14.4. The molecule has 5 nitrogen and oxygen atoms in total. The normalized spacial score (nSPS) is 16.2. The van der Waals surface area contributed by atoms with Gasteiger partial charge in [-0.15, -0.1) is 0 Å². The summed E-state index contributed by atoms with van der Waals surface area (Å²) in [6.07, 6.45) is 0. The fourth-order valence-corrected chi connectivity index (χ4v) is 2.38. The number of rotatable bonds is 5. The molecule has 1 heterocycles. The minimum Gasteiger partial charge on any atom is -0.494 e. The van der Waals surface area contributed by atoms with Crippen molar-refractivity contribution in [2.45, 2.75) is 6.92 Å². The molecule has 1 aromatic carbocycles. The van der Waals surface area contributed by atoms with Gasteiger partial charge in [0.05, 0.1) is 13.2 Å². The molecule has 0 unspecified atom stereocenters. The minimum absolute atomic E-state index is 0.0511. The zero-order valence-corrected chi connectivity index (χ0v) is 11.9. The molecule has 0 saturated carbocycles. The molecule has 2 rings (SSSR count). The van der Waals surface area contributed by atoms with E-state index in [9.17, 15) is 4.79 Å². The molecule has 0 spiro atoms. The molecule has 1 amide bonds. The Balaban J connectivity index is 1.96. The first-order chi connectivity index (χ1) is 9.74. The molecular formula is C15H22N2O3. The van der Waals surface area contributed by atoms with Gasteiger partial charge in [0.25, 0.3) is 5.91 Å². The van der Waals surface area contributed by atoms with Crippen molar-refractivity contribution in [3.05, 3.63) is 29.8 Å². The highest BCUT2D eigenvalue weighted by Gasteiger charge is 2.21. The van der Waals surface area contributed by atoms with E-state index >= 15 is 0 Å². The fourth-order valence-electron chi connectivity index (χ4n) is 2.38. The third kappa shape index (κ3) is 3.71. The van der Waals surface area contributed by atoms with Crippen LogP contribution in [0, 0.1) is 0 Å². The largest absolute Gasteiger partial charge is 0.494 e. The van der Waals surface area contributed by atoms with E-state index in [0.717, 1.165) is 18.8 Å². The number of carbonyl (C=O) groups is 1. The molecule has 1 N–H and O–H groups in total. The molecule has 0 radical (unpaired) electrons. The van der Waals surface area contributed by atoms with Crippen LogP contribution >= 0.6 is 0 Å². The lowest BCUT2D eigenvalue weighted by Gasteiger charge is -2.34. The maximum atomic E-state index is 12.4. The van der Waals surface area contributed by atoms with E-state index in [1.165, 1.54) is 0 Å². The van der Waals surface area contributed by atoms with Gasteiger partial charge in [0.1, 0.15) is 5.75 Å². The number of aliphatic hydroxyl groups excluding tert-OH is 1. The fraction of sp³-hybridized carbons (Fsp3) is 0.533. The van der Waals surface area contributed by atoms with Crippen molar-refractivity contribution in [2.75, 3.05) is 45.9 Å². The summed E-state index contributed by atoms with van der Waals surface area (Å²) >= 11 is 0. The molecule has 0 aromatic heterocycles. The van der Waals surface area contributed by atoms with Gasteiger partial charge >= 0.3 is 0 Å². The van der Waals surface area contributed by atoms with Crippen molar-refractivity contribution < 1.29 is 14.6 Å². The third-order valence-corrected chi connectivity index (χ3v) is 3.47. The van der Waals surface area contributed by atoms with Crippen molar-refractivity contribution >= 4 is 5.91 Å². The maximum absolute atomic E-state index is 12.4. The minimum atomic E-state index is 0.0511. The van der Waals surface area contributed by atoms with Crippen LogP contribution in [0.4, 0.5) is 0 Å². The summed E-state index contributed by atoms with van der Waals surface area (Å²) in [6.45, 7) is 6.42. The number of piperazine rings is 1. The highest BCUT2D eigenvalue weighted by Crippen LogP contribution is 2.16. The van der Waals surface area contributed by atoms with Crippen molar-refractivity contribution in [3.8, 4) is 5.75 Å². The van der Waals surface area contributed by atoms with Crippen LogP contribution in [-0.2, 0) is 0 Å². The Kier molecular flexibility index (Phi) is 5.38.